The van der Waals surface area contributed by atoms with Crippen LogP contribution < -0.4 is 5.32 Å². The van der Waals surface area contributed by atoms with E-state index in [2.05, 4.69) is 46.0 Å². The van der Waals surface area contributed by atoms with Crippen LogP contribution in [0, 0.1) is 0 Å². The van der Waals surface area contributed by atoms with E-state index in [-0.39, 0.29) is 0 Å². The Morgan fingerprint density at radius 1 is 0.941 bits per heavy atom. The molecule has 0 bridgehead atoms. The van der Waals surface area contributed by atoms with Crippen LogP contribution in [0.3, 0.4) is 0 Å². The number of aromatic amines is 2. The van der Waals surface area contributed by atoms with Crippen molar-refractivity contribution in [2.45, 2.75) is 27.2 Å². The lowest BCUT2D eigenvalue weighted by Gasteiger charge is -1.76. The first-order valence-corrected chi connectivity index (χ1v) is 5.83. The third kappa shape index (κ3) is 25.0. The van der Waals surface area contributed by atoms with Crippen molar-refractivity contribution in [2.75, 3.05) is 13.6 Å². The molecule has 0 saturated heterocycles. The third-order valence-corrected chi connectivity index (χ3v) is 1.17. The summed E-state index contributed by atoms with van der Waals surface area (Å²) in [5.41, 5.74) is 0. The topological polar surface area (TPSA) is 69.4 Å². The summed E-state index contributed by atoms with van der Waals surface area (Å²) in [6.45, 7) is 7.39. The van der Waals surface area contributed by atoms with Gasteiger partial charge in [-0.2, -0.15) is 0 Å². The summed E-state index contributed by atoms with van der Waals surface area (Å²) >= 11 is 0. The quantitative estimate of drug-likeness (QED) is 0.716. The Morgan fingerprint density at radius 2 is 1.29 bits per heavy atom. The number of H-pyrrole nitrogens is 2. The van der Waals surface area contributed by atoms with E-state index in [1.54, 1.807) is 37.4 Å². The second-order valence-corrected chi connectivity index (χ2v) is 2.94. The van der Waals surface area contributed by atoms with Gasteiger partial charge in [0.25, 0.3) is 0 Å². The molecule has 17 heavy (non-hydrogen) atoms. The Hall–Kier alpha value is -1.62. The fourth-order valence-corrected chi connectivity index (χ4v) is 0.430. The van der Waals surface area contributed by atoms with Crippen molar-refractivity contribution in [1.82, 2.24) is 25.3 Å². The fourth-order valence-electron chi connectivity index (χ4n) is 0.430. The first-order valence-electron chi connectivity index (χ1n) is 5.83. The van der Waals surface area contributed by atoms with Crippen LogP contribution in [-0.4, -0.2) is 33.5 Å². The Bertz CT molecular complexity index is 190. The van der Waals surface area contributed by atoms with Gasteiger partial charge in [-0.1, -0.05) is 27.2 Å². The lowest BCUT2D eigenvalue weighted by molar-refractivity contribution is 0.864. The predicted octanol–water partition coefficient (Wildman–Crippen LogP) is 2.46. The highest BCUT2D eigenvalue weighted by atomic mass is 14.8. The summed E-state index contributed by atoms with van der Waals surface area (Å²) in [6.07, 6.45) is 11.4. The SMILES string of the molecule is CCC.CCNC.c1c[nH]cn1.c1c[nH]cn1. The van der Waals surface area contributed by atoms with Gasteiger partial charge in [0.1, 0.15) is 0 Å². The van der Waals surface area contributed by atoms with Gasteiger partial charge in [-0.15, -0.1) is 0 Å². The van der Waals surface area contributed by atoms with E-state index in [4.69, 9.17) is 0 Å². The van der Waals surface area contributed by atoms with Gasteiger partial charge in [-0.25, -0.2) is 9.97 Å². The van der Waals surface area contributed by atoms with Crippen LogP contribution in [-0.2, 0) is 0 Å². The van der Waals surface area contributed by atoms with E-state index in [9.17, 15) is 0 Å². The van der Waals surface area contributed by atoms with Gasteiger partial charge in [0, 0.05) is 24.8 Å². The van der Waals surface area contributed by atoms with E-state index in [1.165, 1.54) is 6.42 Å². The number of aromatic nitrogens is 4. The zero-order valence-electron chi connectivity index (χ0n) is 11.3. The molecule has 0 saturated carbocycles. The molecule has 0 atom stereocenters. The number of nitrogens with zero attached hydrogens (tertiary/aromatic N) is 2. The molecule has 0 fully saturated rings. The summed E-state index contributed by atoms with van der Waals surface area (Å²) < 4.78 is 0. The standard InChI is InChI=1S/2C3H4N2.C3H9N.C3H8/c2*1-2-5-3-4-1;1-3-4-2;1-3-2/h2*1-3H,(H,4,5);4H,3H2,1-2H3;3H2,1-2H3. The first kappa shape index (κ1) is 17.8. The van der Waals surface area contributed by atoms with Gasteiger partial charge in [-0.05, 0) is 13.6 Å². The Balaban J connectivity index is 0. The minimum atomic E-state index is 1.07. The molecule has 0 radical (unpaired) electrons. The molecule has 0 aliphatic carbocycles. The summed E-state index contributed by atoms with van der Waals surface area (Å²) in [5.74, 6) is 0. The van der Waals surface area contributed by atoms with Crippen molar-refractivity contribution in [3.05, 3.63) is 37.4 Å². The Morgan fingerprint density at radius 3 is 1.35 bits per heavy atom. The summed E-state index contributed by atoms with van der Waals surface area (Å²) in [4.78, 5) is 12.8. The van der Waals surface area contributed by atoms with Crippen molar-refractivity contribution in [3.63, 3.8) is 0 Å². The highest BCUT2D eigenvalue weighted by Crippen LogP contribution is 1.63. The van der Waals surface area contributed by atoms with Crippen LogP contribution in [0.15, 0.2) is 37.4 Å². The van der Waals surface area contributed by atoms with Gasteiger partial charge in [0.15, 0.2) is 0 Å². The smallest absolute Gasteiger partial charge is 0.0919 e. The molecule has 0 amide bonds. The molecule has 98 valence electrons. The first-order chi connectivity index (χ1) is 8.33. The number of hydrogen-bond acceptors (Lipinski definition) is 3. The summed E-state index contributed by atoms with van der Waals surface area (Å²) in [7, 11) is 1.93. The van der Waals surface area contributed by atoms with E-state index < -0.39 is 0 Å². The Kier molecular flexibility index (Phi) is 20.8. The fraction of sp³-hybridized carbons (Fsp3) is 0.500. The highest BCUT2D eigenvalue weighted by molar-refractivity contribution is 4.65. The maximum Gasteiger partial charge on any atom is 0.0919 e. The van der Waals surface area contributed by atoms with E-state index in [0.717, 1.165) is 6.54 Å². The van der Waals surface area contributed by atoms with Crippen molar-refractivity contribution in [3.8, 4) is 0 Å². The molecule has 2 aromatic rings. The van der Waals surface area contributed by atoms with Gasteiger partial charge >= 0.3 is 0 Å². The number of nitrogens with one attached hydrogen (secondary N) is 3. The maximum absolute atomic E-state index is 3.67. The monoisotopic (exact) mass is 239 g/mol. The minimum Gasteiger partial charge on any atom is -0.351 e. The van der Waals surface area contributed by atoms with Crippen LogP contribution in [0.25, 0.3) is 0 Å². The molecular formula is C12H25N5. The zero-order chi connectivity index (χ0) is 13.2. The van der Waals surface area contributed by atoms with E-state index in [0.29, 0.717) is 0 Å². The number of rotatable bonds is 1. The van der Waals surface area contributed by atoms with Crippen molar-refractivity contribution in [1.29, 1.82) is 0 Å². The van der Waals surface area contributed by atoms with Gasteiger partial charge in [-0.3, -0.25) is 0 Å². The van der Waals surface area contributed by atoms with Crippen LogP contribution >= 0.6 is 0 Å². The minimum absolute atomic E-state index is 1.07. The molecule has 5 heteroatoms. The number of hydrogen-bond donors (Lipinski definition) is 3. The highest BCUT2D eigenvalue weighted by Gasteiger charge is 1.56. The number of imidazole rings is 2. The molecule has 2 heterocycles. The lowest BCUT2D eigenvalue weighted by atomic mass is 10.6. The second-order valence-electron chi connectivity index (χ2n) is 2.94. The zero-order valence-corrected chi connectivity index (χ0v) is 11.3. The normalized spacial score (nSPS) is 7.53. The molecule has 5 nitrogen and oxygen atoms in total. The molecule has 0 aliphatic heterocycles. The van der Waals surface area contributed by atoms with Crippen molar-refractivity contribution in [2.24, 2.45) is 0 Å². The van der Waals surface area contributed by atoms with Crippen molar-refractivity contribution >= 4 is 0 Å². The second kappa shape index (κ2) is 19.9. The average molecular weight is 239 g/mol. The van der Waals surface area contributed by atoms with Crippen LogP contribution in [0.4, 0.5) is 0 Å². The van der Waals surface area contributed by atoms with Gasteiger partial charge in [0.05, 0.1) is 12.7 Å². The molecule has 3 N–H and O–H groups in total. The molecule has 2 rings (SSSR count). The van der Waals surface area contributed by atoms with Crippen LogP contribution in [0.5, 0.6) is 0 Å². The Labute approximate surface area is 104 Å². The van der Waals surface area contributed by atoms with Crippen LogP contribution in [0.1, 0.15) is 27.2 Å². The van der Waals surface area contributed by atoms with Crippen molar-refractivity contribution < 1.29 is 0 Å². The molecule has 2 aromatic heterocycles. The van der Waals surface area contributed by atoms with E-state index in [1.807, 2.05) is 7.05 Å². The van der Waals surface area contributed by atoms with Crippen LogP contribution in [0.2, 0.25) is 0 Å². The maximum atomic E-state index is 3.67. The molecule has 0 unspecified atom stereocenters. The molecular weight excluding hydrogens is 214 g/mol. The average Bonchev–Trinajstić information content (AvgIpc) is 3.06. The lowest BCUT2D eigenvalue weighted by Crippen LogP contribution is -2.01. The van der Waals surface area contributed by atoms with E-state index >= 15 is 0 Å². The summed E-state index contributed by atoms with van der Waals surface area (Å²) in [6, 6.07) is 0. The molecule has 0 aliphatic rings. The van der Waals surface area contributed by atoms with Gasteiger partial charge < -0.3 is 15.3 Å². The molecule has 0 spiro atoms. The molecule has 0 aromatic carbocycles. The third-order valence-electron chi connectivity index (χ3n) is 1.17. The summed E-state index contributed by atoms with van der Waals surface area (Å²) in [5, 5.41) is 2.93. The predicted molar refractivity (Wildman–Crippen MR) is 72.7 cm³/mol. The largest absolute Gasteiger partial charge is 0.351 e. The van der Waals surface area contributed by atoms with Gasteiger partial charge in [0.2, 0.25) is 0 Å².